The van der Waals surface area contributed by atoms with Gasteiger partial charge in [0, 0.05) is 63.5 Å². The van der Waals surface area contributed by atoms with Crippen LogP contribution in [-0.4, -0.2) is 68.4 Å². The highest BCUT2D eigenvalue weighted by Crippen LogP contribution is 2.26. The van der Waals surface area contributed by atoms with Gasteiger partial charge in [0.1, 0.15) is 23.3 Å². The molecule has 0 unspecified atom stereocenters. The number of hydrogen-bond acceptors (Lipinski definition) is 9. The third-order valence-electron chi connectivity index (χ3n) is 8.13. The lowest BCUT2D eigenvalue weighted by Gasteiger charge is -2.39. The van der Waals surface area contributed by atoms with Crippen molar-refractivity contribution in [3.05, 3.63) is 103 Å². The number of aromatic nitrogens is 5. The van der Waals surface area contributed by atoms with E-state index in [1.165, 1.54) is 0 Å². The number of hydrogen-bond donors (Lipinski definition) is 2. The average Bonchev–Trinajstić information content (AvgIpc) is 3.53. The summed E-state index contributed by atoms with van der Waals surface area (Å²) in [7, 11) is 1.91. The van der Waals surface area contributed by atoms with Crippen molar-refractivity contribution < 1.29 is 19.1 Å². The van der Waals surface area contributed by atoms with Gasteiger partial charge in [0.15, 0.2) is 18.2 Å². The van der Waals surface area contributed by atoms with Crippen LogP contribution in [0.1, 0.15) is 22.3 Å². The molecule has 0 spiro atoms. The zero-order valence-corrected chi connectivity index (χ0v) is 25.2. The molecular weight excluding hydrogens is 584 g/mol. The number of anilines is 1. The third-order valence-corrected chi connectivity index (χ3v) is 8.13. The fraction of sp³-hybridized carbons (Fsp3) is 0.235. The molecule has 0 aliphatic carbocycles. The Morgan fingerprint density at radius 3 is 2.59 bits per heavy atom. The number of ether oxygens (including phenoxy) is 2. The Labute approximate surface area is 265 Å². The number of benzene rings is 2. The molecular formula is C34H32N8O4. The zero-order chi connectivity index (χ0) is 31.5. The number of fused-ring (bicyclic) bond motifs is 7. The van der Waals surface area contributed by atoms with Crippen LogP contribution in [0.2, 0.25) is 0 Å². The lowest BCUT2D eigenvalue weighted by Crippen LogP contribution is -2.57. The number of carbonyl (C=O) groups is 2. The molecule has 46 heavy (non-hydrogen) atoms. The summed E-state index contributed by atoms with van der Waals surface area (Å²) in [5.41, 5.74) is 3.58. The molecule has 3 aliphatic rings. The first-order valence-electron chi connectivity index (χ1n) is 15.1. The molecule has 1 saturated heterocycles. The average molecular weight is 617 g/mol. The van der Waals surface area contributed by atoms with E-state index in [0.717, 1.165) is 22.5 Å². The van der Waals surface area contributed by atoms with Gasteiger partial charge in [-0.2, -0.15) is 0 Å². The summed E-state index contributed by atoms with van der Waals surface area (Å²) in [4.78, 5) is 37.0. The molecule has 6 bridgehead atoms. The molecule has 3 aliphatic heterocycles. The lowest BCUT2D eigenvalue weighted by atomic mass is 10.0. The molecule has 2 atom stereocenters. The van der Waals surface area contributed by atoms with Crippen LogP contribution in [-0.2, 0) is 18.4 Å². The standard InChI is InChI=1S/C34H32N8O4/c1-41-14-12-36-33(41)28-9-10-31(40-39-28)42-13-11-30-29(20-42)38-34(44)25-15-24(18-35-19-25)23-3-2-4-27(16-23)45-21-32(43)37-17-22-5-7-26(46-30)8-6-22/h2-10,12,14-16,18-19,29-30H,11,13,17,20-21H2,1H3,(H,37,43)(H,38,44)/t29-,30+/m1/s1. The highest BCUT2D eigenvalue weighted by molar-refractivity contribution is 5.95. The monoisotopic (exact) mass is 616 g/mol. The predicted octanol–water partition coefficient (Wildman–Crippen LogP) is 3.40. The third kappa shape index (κ3) is 6.36. The Morgan fingerprint density at radius 1 is 0.913 bits per heavy atom. The van der Waals surface area contributed by atoms with E-state index < -0.39 is 0 Å². The first-order chi connectivity index (χ1) is 22.5. The van der Waals surface area contributed by atoms with Crippen molar-refractivity contribution in [3.63, 3.8) is 0 Å². The Bertz CT molecular complexity index is 1860. The molecule has 0 saturated carbocycles. The highest BCUT2D eigenvalue weighted by atomic mass is 16.5. The van der Waals surface area contributed by atoms with Gasteiger partial charge >= 0.3 is 0 Å². The van der Waals surface area contributed by atoms with Gasteiger partial charge in [0.2, 0.25) is 0 Å². The van der Waals surface area contributed by atoms with Crippen LogP contribution in [0.5, 0.6) is 11.5 Å². The predicted molar refractivity (Wildman–Crippen MR) is 170 cm³/mol. The number of nitrogens with zero attached hydrogens (tertiary/aromatic N) is 6. The Morgan fingerprint density at radius 2 is 1.78 bits per heavy atom. The van der Waals surface area contributed by atoms with E-state index in [-0.39, 0.29) is 30.6 Å². The summed E-state index contributed by atoms with van der Waals surface area (Å²) in [6.07, 6.45) is 7.16. The largest absolute Gasteiger partial charge is 0.488 e. The van der Waals surface area contributed by atoms with Gasteiger partial charge in [-0.3, -0.25) is 14.6 Å². The van der Waals surface area contributed by atoms with E-state index >= 15 is 0 Å². The van der Waals surface area contributed by atoms with Crippen LogP contribution in [0.3, 0.4) is 0 Å². The lowest BCUT2D eigenvalue weighted by molar-refractivity contribution is -0.123. The topological polar surface area (TPSA) is 136 Å². The zero-order valence-electron chi connectivity index (χ0n) is 25.2. The number of aryl methyl sites for hydroxylation is 1. The van der Waals surface area contributed by atoms with E-state index in [9.17, 15) is 9.59 Å². The van der Waals surface area contributed by atoms with E-state index in [1.807, 2.05) is 72.4 Å². The Kier molecular flexibility index (Phi) is 7.98. The normalized spacial score (nSPS) is 18.4. The molecule has 2 N–H and O–H groups in total. The fourth-order valence-electron chi connectivity index (χ4n) is 5.64. The molecule has 8 rings (SSSR count). The van der Waals surface area contributed by atoms with Gasteiger partial charge in [-0.1, -0.05) is 24.3 Å². The van der Waals surface area contributed by atoms with Crippen LogP contribution in [0.25, 0.3) is 22.6 Å². The maximum absolute atomic E-state index is 13.7. The summed E-state index contributed by atoms with van der Waals surface area (Å²) < 4.78 is 14.1. The molecule has 2 amide bonds. The van der Waals surface area contributed by atoms with Crippen molar-refractivity contribution in [1.29, 1.82) is 0 Å². The molecule has 12 nitrogen and oxygen atoms in total. The molecule has 5 aromatic rings. The first kappa shape index (κ1) is 29.0. The summed E-state index contributed by atoms with van der Waals surface area (Å²) in [6.45, 7) is 1.36. The van der Waals surface area contributed by atoms with E-state index in [2.05, 4.69) is 35.7 Å². The minimum absolute atomic E-state index is 0.120. The first-order valence-corrected chi connectivity index (χ1v) is 15.1. The highest BCUT2D eigenvalue weighted by Gasteiger charge is 2.33. The molecule has 3 aromatic heterocycles. The van der Waals surface area contributed by atoms with E-state index in [4.69, 9.17) is 9.47 Å². The number of pyridine rings is 1. The number of piperidine rings is 1. The van der Waals surface area contributed by atoms with Crippen molar-refractivity contribution in [3.8, 4) is 34.1 Å². The van der Waals surface area contributed by atoms with Crippen LogP contribution >= 0.6 is 0 Å². The number of rotatable bonds is 2. The van der Waals surface area contributed by atoms with E-state index in [1.54, 1.807) is 30.7 Å². The Hall–Kier alpha value is -5.78. The van der Waals surface area contributed by atoms with Crippen molar-refractivity contribution in [1.82, 2.24) is 35.4 Å². The van der Waals surface area contributed by atoms with Gasteiger partial charge in [0.25, 0.3) is 11.8 Å². The second-order valence-electron chi connectivity index (χ2n) is 11.3. The van der Waals surface area contributed by atoms with Crippen molar-refractivity contribution in [2.75, 3.05) is 24.6 Å². The van der Waals surface area contributed by atoms with Crippen LogP contribution in [0.15, 0.2) is 91.5 Å². The molecule has 0 radical (unpaired) electrons. The van der Waals surface area contributed by atoms with Gasteiger partial charge in [0.05, 0.1) is 11.6 Å². The molecule has 6 heterocycles. The minimum atomic E-state index is -0.373. The van der Waals surface area contributed by atoms with Crippen molar-refractivity contribution in [2.24, 2.45) is 7.05 Å². The summed E-state index contributed by atoms with van der Waals surface area (Å²) >= 11 is 0. The number of carbonyl (C=O) groups excluding carboxylic acids is 2. The SMILES string of the molecule is Cn1ccnc1-c1ccc(N2CC[C@@H]3Oc4ccc(cc4)CNC(=O)COc4cccc(c4)-c4cncc(c4)C(=O)N[C@@H]3C2)nn1. The maximum atomic E-state index is 13.7. The summed E-state index contributed by atoms with van der Waals surface area (Å²) in [6, 6.07) is 20.2. The van der Waals surface area contributed by atoms with E-state index in [0.29, 0.717) is 54.6 Å². The number of amides is 2. The van der Waals surface area contributed by atoms with Crippen molar-refractivity contribution in [2.45, 2.75) is 25.1 Å². The smallest absolute Gasteiger partial charge is 0.258 e. The molecule has 2 aromatic carbocycles. The van der Waals surface area contributed by atoms with Crippen LogP contribution in [0, 0.1) is 0 Å². The minimum Gasteiger partial charge on any atom is -0.488 e. The van der Waals surface area contributed by atoms with Gasteiger partial charge < -0.3 is 29.6 Å². The molecule has 1 fully saturated rings. The van der Waals surface area contributed by atoms with Gasteiger partial charge in [-0.15, -0.1) is 10.2 Å². The number of imidazole rings is 1. The van der Waals surface area contributed by atoms with Gasteiger partial charge in [-0.25, -0.2) is 4.98 Å². The molecule has 12 heteroatoms. The van der Waals surface area contributed by atoms with Gasteiger partial charge in [-0.05, 0) is 53.6 Å². The summed E-state index contributed by atoms with van der Waals surface area (Å²) in [5, 5.41) is 15.0. The maximum Gasteiger partial charge on any atom is 0.258 e. The Balaban J connectivity index is 1.17. The van der Waals surface area contributed by atoms with Crippen molar-refractivity contribution >= 4 is 17.6 Å². The molecule has 232 valence electrons. The quantitative estimate of drug-likeness (QED) is 0.306. The summed E-state index contributed by atoms with van der Waals surface area (Å²) in [5.74, 6) is 2.16. The number of nitrogens with one attached hydrogen (secondary N) is 2. The van der Waals surface area contributed by atoms with Crippen LogP contribution < -0.4 is 25.0 Å². The second kappa shape index (κ2) is 12.7. The van der Waals surface area contributed by atoms with Crippen LogP contribution in [0.4, 0.5) is 5.82 Å². The fourth-order valence-corrected chi connectivity index (χ4v) is 5.64. The second-order valence-corrected chi connectivity index (χ2v) is 11.3.